The molecule has 0 radical (unpaired) electrons. The molecule has 1 saturated carbocycles. The van der Waals surface area contributed by atoms with Crippen molar-refractivity contribution in [1.82, 2.24) is 10.6 Å². The maximum atomic E-state index is 12.5. The van der Waals surface area contributed by atoms with Gasteiger partial charge in [0.1, 0.15) is 12.6 Å². The van der Waals surface area contributed by atoms with Crippen molar-refractivity contribution in [3.63, 3.8) is 0 Å². The molecule has 3 N–H and O–H groups in total. The first kappa shape index (κ1) is 23.5. The molecule has 34 heavy (non-hydrogen) atoms. The van der Waals surface area contributed by atoms with E-state index in [-0.39, 0.29) is 36.7 Å². The van der Waals surface area contributed by atoms with Gasteiger partial charge in [0.05, 0.1) is 0 Å². The number of hydrogen-bond donors (Lipinski definition) is 3. The Kier molecular flexibility index (Phi) is 7.01. The summed E-state index contributed by atoms with van der Waals surface area (Å²) in [6.45, 7) is 4.08. The number of carbonyl (C=O) groups excluding carboxylic acids is 2. The van der Waals surface area contributed by atoms with Gasteiger partial charge in [0.2, 0.25) is 5.91 Å². The highest BCUT2D eigenvalue weighted by Crippen LogP contribution is 2.45. The van der Waals surface area contributed by atoms with Gasteiger partial charge in [-0.25, -0.2) is 9.59 Å². The van der Waals surface area contributed by atoms with Gasteiger partial charge in [-0.3, -0.25) is 4.79 Å². The van der Waals surface area contributed by atoms with Crippen molar-refractivity contribution in [1.29, 1.82) is 0 Å². The number of fused-ring (bicyclic) bond motifs is 3. The minimum absolute atomic E-state index is 0.0144. The molecule has 2 amide bonds. The lowest BCUT2D eigenvalue weighted by atomic mass is 9.66. The van der Waals surface area contributed by atoms with E-state index in [2.05, 4.69) is 41.5 Å². The van der Waals surface area contributed by atoms with Crippen LogP contribution in [0.3, 0.4) is 0 Å². The molecule has 0 heterocycles. The molecule has 4 rings (SSSR count). The molecule has 7 heteroatoms. The van der Waals surface area contributed by atoms with E-state index in [1.165, 1.54) is 17.2 Å². The highest BCUT2D eigenvalue weighted by atomic mass is 16.5. The lowest BCUT2D eigenvalue weighted by Gasteiger charge is -2.41. The minimum atomic E-state index is -1.09. The summed E-state index contributed by atoms with van der Waals surface area (Å²) in [6, 6.07) is 15.3. The summed E-state index contributed by atoms with van der Waals surface area (Å²) in [5, 5.41) is 14.6. The van der Waals surface area contributed by atoms with Crippen molar-refractivity contribution in [2.24, 2.45) is 5.41 Å². The first-order valence-corrected chi connectivity index (χ1v) is 11.6. The van der Waals surface area contributed by atoms with Gasteiger partial charge < -0.3 is 20.5 Å². The van der Waals surface area contributed by atoms with Gasteiger partial charge in [0.25, 0.3) is 0 Å². The Morgan fingerprint density at radius 3 is 2.24 bits per heavy atom. The summed E-state index contributed by atoms with van der Waals surface area (Å²) in [5.74, 6) is -1.43. The third-order valence-electron chi connectivity index (χ3n) is 6.94. The molecular weight excluding hydrogens is 432 g/mol. The Morgan fingerprint density at radius 2 is 1.71 bits per heavy atom. The summed E-state index contributed by atoms with van der Waals surface area (Å²) in [5.41, 5.74) is 4.27. The Hall–Kier alpha value is -3.61. The second kappa shape index (κ2) is 10.1. The molecule has 0 spiro atoms. The molecule has 1 atom stereocenters. The average molecular weight is 463 g/mol. The van der Waals surface area contributed by atoms with Crippen molar-refractivity contribution in [3.05, 3.63) is 72.3 Å². The predicted octanol–water partition coefficient (Wildman–Crippen LogP) is 4.23. The molecule has 0 aromatic heterocycles. The van der Waals surface area contributed by atoms with Crippen LogP contribution >= 0.6 is 0 Å². The standard InChI is InChI=1S/C27H30N2O5/c1-2-8-23(25(31)32)29-24(30)15-27(13-7-14-27)17-28-26(33)34-16-22-20-11-5-3-9-18(20)19-10-4-6-12-21(19)22/h2-6,9-12,22-23H,1,7-8,13-17H2,(H,28,33)(H,29,30)(H,31,32). The highest BCUT2D eigenvalue weighted by Gasteiger charge is 2.40. The number of aliphatic carboxylic acids is 1. The molecule has 2 aliphatic carbocycles. The Balaban J connectivity index is 1.31. The fraction of sp³-hybridized carbons (Fsp3) is 0.370. The Morgan fingerprint density at radius 1 is 1.09 bits per heavy atom. The normalized spacial score (nSPS) is 16.4. The molecule has 2 aromatic rings. The number of carboxylic acids is 1. The largest absolute Gasteiger partial charge is 0.480 e. The molecule has 0 saturated heterocycles. The summed E-state index contributed by atoms with van der Waals surface area (Å²) in [4.78, 5) is 36.3. The van der Waals surface area contributed by atoms with Crippen LogP contribution in [-0.4, -0.2) is 42.3 Å². The first-order chi connectivity index (χ1) is 16.4. The van der Waals surface area contributed by atoms with Crippen LogP contribution in [0, 0.1) is 5.41 Å². The van der Waals surface area contributed by atoms with Crippen molar-refractivity contribution in [2.75, 3.05) is 13.2 Å². The maximum absolute atomic E-state index is 12.5. The molecular formula is C27H30N2O5. The smallest absolute Gasteiger partial charge is 0.407 e. The topological polar surface area (TPSA) is 105 Å². The van der Waals surface area contributed by atoms with E-state index in [4.69, 9.17) is 4.74 Å². The molecule has 2 aliphatic rings. The van der Waals surface area contributed by atoms with Gasteiger partial charge in [0, 0.05) is 18.9 Å². The van der Waals surface area contributed by atoms with Crippen LogP contribution in [0.4, 0.5) is 4.79 Å². The third-order valence-corrected chi connectivity index (χ3v) is 6.94. The predicted molar refractivity (Wildman–Crippen MR) is 128 cm³/mol. The SMILES string of the molecule is C=CCC(NC(=O)CC1(CNC(=O)OCC2c3ccccc3-c3ccccc32)CCC1)C(=O)O. The summed E-state index contributed by atoms with van der Waals surface area (Å²) < 4.78 is 5.60. The van der Waals surface area contributed by atoms with Gasteiger partial charge in [-0.2, -0.15) is 0 Å². The van der Waals surface area contributed by atoms with E-state index < -0.39 is 18.1 Å². The van der Waals surface area contributed by atoms with Crippen LogP contribution in [0.15, 0.2) is 61.2 Å². The zero-order chi connectivity index (χ0) is 24.1. The fourth-order valence-electron chi connectivity index (χ4n) is 4.98. The van der Waals surface area contributed by atoms with Crippen LogP contribution in [0.25, 0.3) is 11.1 Å². The first-order valence-electron chi connectivity index (χ1n) is 11.6. The van der Waals surface area contributed by atoms with Gasteiger partial charge in [-0.1, -0.05) is 61.0 Å². The molecule has 2 aromatic carbocycles. The highest BCUT2D eigenvalue weighted by molar-refractivity contribution is 5.84. The van der Waals surface area contributed by atoms with Crippen molar-refractivity contribution in [2.45, 2.75) is 44.1 Å². The number of nitrogens with one attached hydrogen (secondary N) is 2. The van der Waals surface area contributed by atoms with E-state index in [1.807, 2.05) is 24.3 Å². The van der Waals surface area contributed by atoms with Crippen LogP contribution in [0.1, 0.15) is 49.1 Å². The Bertz CT molecular complexity index is 1050. The number of rotatable bonds is 10. The molecule has 0 aliphatic heterocycles. The zero-order valence-electron chi connectivity index (χ0n) is 19.1. The van der Waals surface area contributed by atoms with E-state index in [0.29, 0.717) is 6.54 Å². The van der Waals surface area contributed by atoms with Crippen LogP contribution < -0.4 is 10.6 Å². The lowest BCUT2D eigenvalue weighted by molar-refractivity contribution is -0.142. The number of hydrogen-bond acceptors (Lipinski definition) is 4. The van der Waals surface area contributed by atoms with E-state index in [9.17, 15) is 19.5 Å². The van der Waals surface area contributed by atoms with E-state index in [0.717, 1.165) is 30.4 Å². The second-order valence-electron chi connectivity index (χ2n) is 9.19. The second-order valence-corrected chi connectivity index (χ2v) is 9.19. The van der Waals surface area contributed by atoms with Gasteiger partial charge in [0.15, 0.2) is 0 Å². The minimum Gasteiger partial charge on any atom is -0.480 e. The molecule has 0 bridgehead atoms. The van der Waals surface area contributed by atoms with Crippen molar-refractivity contribution in [3.8, 4) is 11.1 Å². The van der Waals surface area contributed by atoms with Gasteiger partial charge in [-0.05, 0) is 46.9 Å². The van der Waals surface area contributed by atoms with Gasteiger partial charge in [-0.15, -0.1) is 6.58 Å². The number of alkyl carbamates (subject to hydrolysis) is 1. The van der Waals surface area contributed by atoms with Crippen LogP contribution in [0.2, 0.25) is 0 Å². The number of benzene rings is 2. The summed E-state index contributed by atoms with van der Waals surface area (Å²) in [6.07, 6.45) is 3.84. The molecule has 1 fully saturated rings. The van der Waals surface area contributed by atoms with Crippen molar-refractivity contribution >= 4 is 18.0 Å². The van der Waals surface area contributed by atoms with E-state index >= 15 is 0 Å². The molecule has 178 valence electrons. The lowest BCUT2D eigenvalue weighted by Crippen LogP contribution is -2.48. The monoisotopic (exact) mass is 462 g/mol. The Labute approximate surface area is 199 Å². The van der Waals surface area contributed by atoms with Crippen LogP contribution in [-0.2, 0) is 14.3 Å². The number of amides is 2. The summed E-state index contributed by atoms with van der Waals surface area (Å²) in [7, 11) is 0. The quantitative estimate of drug-likeness (QED) is 0.458. The van der Waals surface area contributed by atoms with E-state index in [1.54, 1.807) is 0 Å². The third kappa shape index (κ3) is 4.98. The molecule has 1 unspecified atom stereocenters. The number of carboxylic acid groups (broad SMARTS) is 1. The van der Waals surface area contributed by atoms with Gasteiger partial charge >= 0.3 is 12.1 Å². The number of ether oxygens (including phenoxy) is 1. The van der Waals surface area contributed by atoms with Crippen molar-refractivity contribution < 1.29 is 24.2 Å². The average Bonchev–Trinajstić information content (AvgIpc) is 3.12. The summed E-state index contributed by atoms with van der Waals surface area (Å²) >= 11 is 0. The molecule has 7 nitrogen and oxygen atoms in total. The number of carbonyl (C=O) groups is 3. The fourth-order valence-corrected chi connectivity index (χ4v) is 4.98. The maximum Gasteiger partial charge on any atom is 0.407 e. The van der Waals surface area contributed by atoms with Crippen LogP contribution in [0.5, 0.6) is 0 Å². The zero-order valence-corrected chi connectivity index (χ0v) is 19.1.